The van der Waals surface area contributed by atoms with E-state index in [1.165, 1.54) is 12.3 Å². The number of fused-ring (bicyclic) bond motifs is 1. The summed E-state index contributed by atoms with van der Waals surface area (Å²) in [5.41, 5.74) is 0.241. The van der Waals surface area contributed by atoms with Gasteiger partial charge >= 0.3 is 0 Å². The molecule has 2 rings (SSSR count). The lowest BCUT2D eigenvalue weighted by molar-refractivity contribution is 0.101. The zero-order valence-electron chi connectivity index (χ0n) is 5.93. The molecule has 1 aliphatic heterocycles. The zero-order chi connectivity index (χ0) is 8.77. The Hall–Kier alpha value is -1.27. The van der Waals surface area contributed by atoms with Crippen molar-refractivity contribution in [2.24, 2.45) is 9.50 Å². The van der Waals surface area contributed by atoms with Crippen LogP contribution in [0.2, 0.25) is 0 Å². The van der Waals surface area contributed by atoms with E-state index in [0.717, 1.165) is 0 Å². The van der Waals surface area contributed by atoms with Crippen molar-refractivity contribution in [3.63, 3.8) is 0 Å². The van der Waals surface area contributed by atoms with Gasteiger partial charge < -0.3 is 0 Å². The molecule has 0 saturated heterocycles. The fraction of sp³-hybridized carbons (Fsp3) is 0. The highest BCUT2D eigenvalue weighted by Crippen LogP contribution is 2.20. The number of carbonyl (C=O) groups is 1. The minimum absolute atomic E-state index is 0.0926. The van der Waals surface area contributed by atoms with Crippen molar-refractivity contribution in [1.82, 2.24) is 4.98 Å². The summed E-state index contributed by atoms with van der Waals surface area (Å²) in [6, 6.07) is 3.08. The maximum absolute atomic E-state index is 11.3. The Labute approximate surface area is 68.9 Å². The van der Waals surface area contributed by atoms with Gasteiger partial charge in [-0.3, -0.25) is 4.79 Å². The summed E-state index contributed by atoms with van der Waals surface area (Å²) in [6.07, 6.45) is 1.43. The summed E-state index contributed by atoms with van der Waals surface area (Å²) in [4.78, 5) is 14.8. The number of aromatic nitrogens is 1. The quantitative estimate of drug-likeness (QED) is 0.611. The predicted molar refractivity (Wildman–Crippen MR) is 41.6 cm³/mol. The highest BCUT2D eigenvalue weighted by atomic mass is 32.2. The standard InChI is InChI=1S/C6H5N3O2S/c7-12(11)6-4(5(10)9-12)2-1-3-8-6/h1-3H,(H2,7,9,10,11). The Balaban J connectivity index is 2.87. The number of nitrogens with two attached hydrogens (primary N) is 1. The molecule has 5 nitrogen and oxygen atoms in total. The maximum atomic E-state index is 11.3. The second-order valence-electron chi connectivity index (χ2n) is 2.32. The molecule has 62 valence electrons. The summed E-state index contributed by atoms with van der Waals surface area (Å²) in [5.74, 6) is -0.550. The SMILES string of the molecule is NS1(=O)=NC(=O)c2cccnc21. The minimum atomic E-state index is -3.04. The lowest BCUT2D eigenvalue weighted by Gasteiger charge is -1.94. The van der Waals surface area contributed by atoms with Crippen molar-refractivity contribution < 1.29 is 9.00 Å². The normalized spacial score (nSPS) is 26.6. The van der Waals surface area contributed by atoms with Gasteiger partial charge in [0.1, 0.15) is 0 Å². The van der Waals surface area contributed by atoms with E-state index >= 15 is 0 Å². The molecule has 12 heavy (non-hydrogen) atoms. The van der Waals surface area contributed by atoms with Crippen LogP contribution < -0.4 is 5.14 Å². The van der Waals surface area contributed by atoms with Crippen LogP contribution in [0.1, 0.15) is 10.4 Å². The third-order valence-corrected chi connectivity index (χ3v) is 2.81. The summed E-state index contributed by atoms with van der Waals surface area (Å²) >= 11 is 0. The second-order valence-corrected chi connectivity index (χ2v) is 4.03. The van der Waals surface area contributed by atoms with Crippen molar-refractivity contribution in [3.8, 4) is 0 Å². The van der Waals surface area contributed by atoms with Gasteiger partial charge in [0.25, 0.3) is 5.91 Å². The molecule has 1 unspecified atom stereocenters. The number of pyridine rings is 1. The number of rotatable bonds is 0. The molecule has 1 aromatic heterocycles. The highest BCUT2D eigenvalue weighted by Gasteiger charge is 2.26. The molecule has 0 aromatic carbocycles. The first-order chi connectivity index (χ1) is 5.61. The van der Waals surface area contributed by atoms with Crippen molar-refractivity contribution in [2.75, 3.05) is 0 Å². The molecule has 0 radical (unpaired) electrons. The van der Waals surface area contributed by atoms with Crippen LogP contribution in [0.5, 0.6) is 0 Å². The summed E-state index contributed by atoms with van der Waals surface area (Å²) in [7, 11) is -3.04. The van der Waals surface area contributed by atoms with E-state index in [1.54, 1.807) is 6.07 Å². The molecule has 0 saturated carbocycles. The van der Waals surface area contributed by atoms with Crippen LogP contribution in [0.4, 0.5) is 0 Å². The molecule has 0 fully saturated rings. The van der Waals surface area contributed by atoms with Gasteiger partial charge in [-0.15, -0.1) is 4.36 Å². The van der Waals surface area contributed by atoms with Crippen LogP contribution in [0.25, 0.3) is 0 Å². The van der Waals surface area contributed by atoms with Gasteiger partial charge in [0.15, 0.2) is 14.9 Å². The third kappa shape index (κ3) is 0.853. The first kappa shape index (κ1) is 7.38. The van der Waals surface area contributed by atoms with E-state index < -0.39 is 15.8 Å². The number of hydrogen-bond acceptors (Lipinski definition) is 3. The average molecular weight is 183 g/mol. The number of nitrogens with zero attached hydrogens (tertiary/aromatic N) is 2. The van der Waals surface area contributed by atoms with Crippen molar-refractivity contribution in [2.45, 2.75) is 5.03 Å². The van der Waals surface area contributed by atoms with E-state index in [9.17, 15) is 9.00 Å². The van der Waals surface area contributed by atoms with Gasteiger partial charge in [0.2, 0.25) is 0 Å². The van der Waals surface area contributed by atoms with Crippen molar-refractivity contribution in [1.29, 1.82) is 0 Å². The van der Waals surface area contributed by atoms with Crippen LogP contribution >= 0.6 is 0 Å². The van der Waals surface area contributed by atoms with E-state index in [2.05, 4.69) is 9.35 Å². The summed E-state index contributed by atoms with van der Waals surface area (Å²) < 4.78 is 14.6. The largest absolute Gasteiger partial charge is 0.289 e. The third-order valence-electron chi connectivity index (χ3n) is 1.50. The fourth-order valence-electron chi connectivity index (χ4n) is 1.00. The Morgan fingerprint density at radius 1 is 1.50 bits per heavy atom. The minimum Gasteiger partial charge on any atom is -0.266 e. The van der Waals surface area contributed by atoms with Gasteiger partial charge in [-0.05, 0) is 12.1 Å². The van der Waals surface area contributed by atoms with Gasteiger partial charge in [0.05, 0.1) is 5.56 Å². The Morgan fingerprint density at radius 3 is 2.92 bits per heavy atom. The topological polar surface area (TPSA) is 85.4 Å². The van der Waals surface area contributed by atoms with Crippen LogP contribution in [-0.2, 0) is 9.92 Å². The molecule has 1 amide bonds. The van der Waals surface area contributed by atoms with E-state index in [1.807, 2.05) is 0 Å². The zero-order valence-corrected chi connectivity index (χ0v) is 6.75. The fourth-order valence-corrected chi connectivity index (χ4v) is 2.12. The smallest absolute Gasteiger partial charge is 0.266 e. The Bertz CT molecular complexity index is 473. The maximum Gasteiger partial charge on any atom is 0.289 e. The molecule has 2 N–H and O–H groups in total. The lowest BCUT2D eigenvalue weighted by Crippen LogP contribution is -2.11. The molecule has 0 aliphatic carbocycles. The summed E-state index contributed by atoms with van der Waals surface area (Å²) in [6.45, 7) is 0. The van der Waals surface area contributed by atoms with Gasteiger partial charge in [-0.2, -0.15) is 0 Å². The Morgan fingerprint density at radius 2 is 2.25 bits per heavy atom. The molecule has 0 spiro atoms. The van der Waals surface area contributed by atoms with Gasteiger partial charge in [-0.25, -0.2) is 14.3 Å². The molecule has 1 atom stereocenters. The molecule has 1 aliphatic rings. The number of hydrogen-bond donors (Lipinski definition) is 1. The lowest BCUT2D eigenvalue weighted by atomic mass is 10.3. The van der Waals surface area contributed by atoms with Crippen molar-refractivity contribution >= 4 is 15.8 Å². The predicted octanol–water partition coefficient (Wildman–Crippen LogP) is -0.0640. The molecule has 1 aromatic rings. The monoisotopic (exact) mass is 183 g/mol. The Kier molecular flexibility index (Phi) is 1.30. The molecule has 0 bridgehead atoms. The molecule has 2 heterocycles. The summed E-state index contributed by atoms with van der Waals surface area (Å²) in [5, 5.41) is 5.35. The number of amides is 1. The van der Waals surface area contributed by atoms with E-state index in [4.69, 9.17) is 5.14 Å². The highest BCUT2D eigenvalue weighted by molar-refractivity contribution is 7.92. The van der Waals surface area contributed by atoms with Crippen LogP contribution in [0.15, 0.2) is 27.7 Å². The van der Waals surface area contributed by atoms with Crippen LogP contribution in [-0.4, -0.2) is 15.1 Å². The van der Waals surface area contributed by atoms with Crippen LogP contribution in [0, 0.1) is 0 Å². The van der Waals surface area contributed by atoms with Gasteiger partial charge in [-0.1, -0.05) is 0 Å². The second kappa shape index (κ2) is 2.11. The van der Waals surface area contributed by atoms with Gasteiger partial charge in [0, 0.05) is 6.20 Å². The number of carbonyl (C=O) groups excluding carboxylic acids is 1. The first-order valence-corrected chi connectivity index (χ1v) is 4.73. The molecular weight excluding hydrogens is 178 g/mol. The van der Waals surface area contributed by atoms with E-state index in [0.29, 0.717) is 0 Å². The van der Waals surface area contributed by atoms with E-state index in [-0.39, 0.29) is 10.6 Å². The molecule has 6 heteroatoms. The first-order valence-electron chi connectivity index (χ1n) is 3.15. The van der Waals surface area contributed by atoms with Crippen molar-refractivity contribution in [3.05, 3.63) is 23.9 Å². The molecular formula is C6H5N3O2S. The van der Waals surface area contributed by atoms with Crippen LogP contribution in [0.3, 0.4) is 0 Å². The average Bonchev–Trinajstić information content (AvgIpc) is 2.25.